The molecule has 3 rings (SSSR count). The maximum atomic E-state index is 5.76. The normalized spacial score (nSPS) is 18.6. The van der Waals surface area contributed by atoms with Crippen LogP contribution in [0.25, 0.3) is 0 Å². The molecule has 0 amide bonds. The largest absolute Gasteiger partial charge is 0.454 e. The Kier molecular flexibility index (Phi) is 4.22. The van der Waals surface area contributed by atoms with Crippen LogP contribution in [0.3, 0.4) is 0 Å². The van der Waals surface area contributed by atoms with E-state index in [4.69, 9.17) is 21.1 Å². The minimum absolute atomic E-state index is 0.207. The zero-order valence-corrected chi connectivity index (χ0v) is 12.5. The number of rotatable bonds is 3. The molecule has 0 saturated carbocycles. The zero-order chi connectivity index (χ0) is 14.7. The van der Waals surface area contributed by atoms with Gasteiger partial charge >= 0.3 is 0 Å². The highest BCUT2D eigenvalue weighted by Crippen LogP contribution is 2.27. The van der Waals surface area contributed by atoms with Crippen molar-refractivity contribution in [3.63, 3.8) is 0 Å². The summed E-state index contributed by atoms with van der Waals surface area (Å²) in [6, 6.07) is 8.32. The van der Waals surface area contributed by atoms with Gasteiger partial charge in [0.15, 0.2) is 5.75 Å². The van der Waals surface area contributed by atoms with E-state index in [-0.39, 0.29) is 5.28 Å². The number of anilines is 1. The maximum Gasteiger partial charge on any atom is 0.222 e. The first kappa shape index (κ1) is 14.1. The van der Waals surface area contributed by atoms with Gasteiger partial charge < -0.3 is 14.4 Å². The molecule has 1 fully saturated rings. The van der Waals surface area contributed by atoms with Crippen LogP contribution in [-0.4, -0.2) is 35.8 Å². The number of aromatic nitrogens is 2. The third kappa shape index (κ3) is 3.43. The van der Waals surface area contributed by atoms with E-state index in [1.54, 1.807) is 12.4 Å². The van der Waals surface area contributed by atoms with Crippen LogP contribution < -0.4 is 9.64 Å². The van der Waals surface area contributed by atoms with Crippen LogP contribution in [0.5, 0.6) is 11.5 Å². The molecule has 1 aliphatic heterocycles. The molecule has 1 aliphatic rings. The molecular formula is C15H16ClN3O2. The standard InChI is InChI=1S/C15H16ClN3O2/c1-11-10-20-6-5-19(11)12-3-2-4-13(7-12)21-14-8-17-15(16)18-9-14/h2-4,7-9,11H,5-6,10H2,1H3/t11-/m0/s1. The lowest BCUT2D eigenvalue weighted by Crippen LogP contribution is -2.43. The van der Waals surface area contributed by atoms with Crippen LogP contribution in [0, 0.1) is 0 Å². The highest BCUT2D eigenvalue weighted by molar-refractivity contribution is 6.28. The first-order valence-electron chi connectivity index (χ1n) is 6.82. The Bertz CT molecular complexity index is 606. The number of halogens is 1. The van der Waals surface area contributed by atoms with Crippen LogP contribution in [0.2, 0.25) is 5.28 Å². The molecule has 110 valence electrons. The number of hydrogen-bond donors (Lipinski definition) is 0. The molecule has 2 heterocycles. The van der Waals surface area contributed by atoms with Gasteiger partial charge in [-0.05, 0) is 30.7 Å². The van der Waals surface area contributed by atoms with Gasteiger partial charge in [0.25, 0.3) is 0 Å². The quantitative estimate of drug-likeness (QED) is 0.815. The lowest BCUT2D eigenvalue weighted by atomic mass is 10.2. The summed E-state index contributed by atoms with van der Waals surface area (Å²) in [5.74, 6) is 1.31. The highest BCUT2D eigenvalue weighted by atomic mass is 35.5. The fourth-order valence-electron chi connectivity index (χ4n) is 2.33. The minimum Gasteiger partial charge on any atom is -0.454 e. The van der Waals surface area contributed by atoms with Crippen molar-refractivity contribution < 1.29 is 9.47 Å². The molecule has 1 atom stereocenters. The van der Waals surface area contributed by atoms with Gasteiger partial charge in [0, 0.05) is 24.3 Å². The van der Waals surface area contributed by atoms with Crippen molar-refractivity contribution in [3.8, 4) is 11.5 Å². The highest BCUT2D eigenvalue weighted by Gasteiger charge is 2.19. The fraction of sp³-hybridized carbons (Fsp3) is 0.333. The molecule has 1 aromatic heterocycles. The Morgan fingerprint density at radius 1 is 1.29 bits per heavy atom. The van der Waals surface area contributed by atoms with E-state index in [0.29, 0.717) is 11.8 Å². The number of hydrogen-bond acceptors (Lipinski definition) is 5. The molecule has 0 aliphatic carbocycles. The Hall–Kier alpha value is -1.85. The molecule has 21 heavy (non-hydrogen) atoms. The molecule has 2 aromatic rings. The average molecular weight is 306 g/mol. The summed E-state index contributed by atoms with van der Waals surface area (Å²) in [7, 11) is 0. The van der Waals surface area contributed by atoms with E-state index >= 15 is 0 Å². The predicted molar refractivity (Wildman–Crippen MR) is 81.2 cm³/mol. The lowest BCUT2D eigenvalue weighted by Gasteiger charge is -2.35. The number of nitrogens with zero attached hydrogens (tertiary/aromatic N) is 3. The SMILES string of the molecule is C[C@H]1COCCN1c1cccc(Oc2cnc(Cl)nc2)c1. The molecule has 6 heteroatoms. The summed E-state index contributed by atoms with van der Waals surface area (Å²) in [5.41, 5.74) is 1.12. The van der Waals surface area contributed by atoms with Crippen LogP contribution in [0.15, 0.2) is 36.7 Å². The van der Waals surface area contributed by atoms with Gasteiger partial charge in [-0.1, -0.05) is 6.07 Å². The first-order chi connectivity index (χ1) is 10.2. The van der Waals surface area contributed by atoms with E-state index in [2.05, 4.69) is 27.9 Å². The van der Waals surface area contributed by atoms with Gasteiger partial charge in [0.2, 0.25) is 5.28 Å². The summed E-state index contributed by atoms with van der Waals surface area (Å²) in [6.45, 7) is 4.53. The van der Waals surface area contributed by atoms with E-state index in [0.717, 1.165) is 31.2 Å². The molecule has 5 nitrogen and oxygen atoms in total. The van der Waals surface area contributed by atoms with Crippen molar-refractivity contribution in [1.82, 2.24) is 9.97 Å². The number of ether oxygens (including phenoxy) is 2. The molecule has 0 radical (unpaired) electrons. The first-order valence-corrected chi connectivity index (χ1v) is 7.20. The predicted octanol–water partition coefficient (Wildman–Crippen LogP) is 3.15. The van der Waals surface area contributed by atoms with Crippen LogP contribution in [0.4, 0.5) is 5.69 Å². The van der Waals surface area contributed by atoms with Crippen molar-refractivity contribution in [2.24, 2.45) is 0 Å². The van der Waals surface area contributed by atoms with Gasteiger partial charge in [0.1, 0.15) is 5.75 Å². The molecular weight excluding hydrogens is 290 g/mol. The number of benzene rings is 1. The van der Waals surface area contributed by atoms with Crippen molar-refractivity contribution in [2.45, 2.75) is 13.0 Å². The number of morpholine rings is 1. The lowest BCUT2D eigenvalue weighted by molar-refractivity contribution is 0.0989. The third-order valence-electron chi connectivity index (χ3n) is 3.35. The summed E-state index contributed by atoms with van der Waals surface area (Å²) in [6.07, 6.45) is 3.11. The van der Waals surface area contributed by atoms with Crippen LogP contribution >= 0.6 is 11.6 Å². The minimum atomic E-state index is 0.207. The Morgan fingerprint density at radius 3 is 2.86 bits per heavy atom. The van der Waals surface area contributed by atoms with Crippen LogP contribution in [0.1, 0.15) is 6.92 Å². The van der Waals surface area contributed by atoms with Gasteiger partial charge in [0.05, 0.1) is 25.6 Å². The second-order valence-corrected chi connectivity index (χ2v) is 5.24. The third-order valence-corrected chi connectivity index (χ3v) is 3.54. The zero-order valence-electron chi connectivity index (χ0n) is 11.7. The maximum absolute atomic E-state index is 5.76. The molecule has 0 N–H and O–H groups in total. The molecule has 0 spiro atoms. The van der Waals surface area contributed by atoms with Gasteiger partial charge in [-0.2, -0.15) is 0 Å². The summed E-state index contributed by atoms with van der Waals surface area (Å²) in [4.78, 5) is 10.1. The Balaban J connectivity index is 1.78. The van der Waals surface area contributed by atoms with E-state index < -0.39 is 0 Å². The smallest absolute Gasteiger partial charge is 0.222 e. The van der Waals surface area contributed by atoms with Gasteiger partial charge in [-0.3, -0.25) is 0 Å². The second-order valence-electron chi connectivity index (χ2n) is 4.90. The monoisotopic (exact) mass is 305 g/mol. The second kappa shape index (κ2) is 6.28. The van der Waals surface area contributed by atoms with E-state index in [1.807, 2.05) is 18.2 Å². The van der Waals surface area contributed by atoms with Crippen molar-refractivity contribution in [2.75, 3.05) is 24.7 Å². The molecule has 1 saturated heterocycles. The van der Waals surface area contributed by atoms with Crippen molar-refractivity contribution >= 4 is 17.3 Å². The van der Waals surface area contributed by atoms with Crippen molar-refractivity contribution in [1.29, 1.82) is 0 Å². The van der Waals surface area contributed by atoms with Crippen LogP contribution in [-0.2, 0) is 4.74 Å². The summed E-state index contributed by atoms with van der Waals surface area (Å²) in [5, 5.41) is 0.207. The summed E-state index contributed by atoms with van der Waals surface area (Å²) < 4.78 is 11.2. The Morgan fingerprint density at radius 2 is 2.10 bits per heavy atom. The molecule has 1 aromatic carbocycles. The van der Waals surface area contributed by atoms with Gasteiger partial charge in [-0.15, -0.1) is 0 Å². The average Bonchev–Trinajstić information content (AvgIpc) is 2.50. The van der Waals surface area contributed by atoms with E-state index in [9.17, 15) is 0 Å². The van der Waals surface area contributed by atoms with E-state index in [1.165, 1.54) is 0 Å². The van der Waals surface area contributed by atoms with Crippen molar-refractivity contribution in [3.05, 3.63) is 41.9 Å². The van der Waals surface area contributed by atoms with Gasteiger partial charge in [-0.25, -0.2) is 9.97 Å². The fourth-order valence-corrected chi connectivity index (χ4v) is 2.42. The summed E-state index contributed by atoms with van der Waals surface area (Å²) >= 11 is 5.66. The topological polar surface area (TPSA) is 47.5 Å². The molecule has 0 unspecified atom stereocenters. The molecule has 0 bridgehead atoms. The Labute approximate surface area is 128 Å².